The molecule has 3 atom stereocenters. The van der Waals surface area contributed by atoms with Gasteiger partial charge in [-0.1, -0.05) is 130 Å². The minimum atomic E-state index is -0.856. The molecule has 1 rings (SSSR count). The molecule has 3 nitrogen and oxygen atoms in total. The van der Waals surface area contributed by atoms with E-state index in [0.29, 0.717) is 12.3 Å². The molecule has 1 aliphatic heterocycles. The number of aliphatic carboxylic acids is 1. The highest BCUT2D eigenvalue weighted by atomic mass is 16.6. The standard InChI is InChI=1S/C26H50O3/c1-4-7-9-10-11-12-13-14-15-16-17-18-19-21-24-26(29-24,25(27)28)22-23(6-3)20-8-5-2/h23-24H,4-22H2,1-3H3,(H,27,28). The molecule has 29 heavy (non-hydrogen) atoms. The average molecular weight is 411 g/mol. The highest BCUT2D eigenvalue weighted by Crippen LogP contribution is 2.46. The molecule has 0 saturated carbocycles. The minimum Gasteiger partial charge on any atom is -0.479 e. The Morgan fingerprint density at radius 3 is 1.72 bits per heavy atom. The number of epoxide rings is 1. The molecule has 0 aromatic carbocycles. The van der Waals surface area contributed by atoms with Crippen LogP contribution in [0.2, 0.25) is 0 Å². The van der Waals surface area contributed by atoms with Crippen LogP contribution in [0, 0.1) is 5.92 Å². The molecule has 0 aromatic heterocycles. The zero-order valence-corrected chi connectivity index (χ0v) is 19.9. The molecule has 0 radical (unpaired) electrons. The SMILES string of the molecule is CCCCCCCCCCCCCCCC1OC1(CC(CC)CCCC)C(=O)O. The largest absolute Gasteiger partial charge is 0.479 e. The van der Waals surface area contributed by atoms with Gasteiger partial charge < -0.3 is 9.84 Å². The lowest BCUT2D eigenvalue weighted by Gasteiger charge is -2.17. The van der Waals surface area contributed by atoms with E-state index in [1.165, 1.54) is 89.9 Å². The van der Waals surface area contributed by atoms with Crippen LogP contribution in [0.15, 0.2) is 0 Å². The molecule has 1 fully saturated rings. The van der Waals surface area contributed by atoms with E-state index in [2.05, 4.69) is 20.8 Å². The van der Waals surface area contributed by atoms with Crippen LogP contribution in [-0.2, 0) is 9.53 Å². The molecule has 172 valence electrons. The van der Waals surface area contributed by atoms with Crippen LogP contribution >= 0.6 is 0 Å². The average Bonchev–Trinajstić information content (AvgIpc) is 3.42. The minimum absolute atomic E-state index is 0.0385. The number of unbranched alkanes of at least 4 members (excludes halogenated alkanes) is 13. The van der Waals surface area contributed by atoms with E-state index in [4.69, 9.17) is 4.74 Å². The Kier molecular flexibility index (Phi) is 14.8. The fraction of sp³-hybridized carbons (Fsp3) is 0.962. The summed E-state index contributed by atoms with van der Waals surface area (Å²) in [6, 6.07) is 0. The second-order valence-corrected chi connectivity index (χ2v) is 9.45. The summed E-state index contributed by atoms with van der Waals surface area (Å²) in [6.45, 7) is 6.65. The van der Waals surface area contributed by atoms with E-state index in [0.717, 1.165) is 25.7 Å². The lowest BCUT2D eigenvalue weighted by Crippen LogP contribution is -2.30. The predicted molar refractivity (Wildman–Crippen MR) is 123 cm³/mol. The fourth-order valence-corrected chi connectivity index (χ4v) is 4.69. The molecule has 1 aliphatic rings. The van der Waals surface area contributed by atoms with Crippen LogP contribution in [-0.4, -0.2) is 22.8 Å². The van der Waals surface area contributed by atoms with Gasteiger partial charge in [0.1, 0.15) is 0 Å². The van der Waals surface area contributed by atoms with Gasteiger partial charge in [-0.15, -0.1) is 0 Å². The quantitative estimate of drug-likeness (QED) is 0.153. The van der Waals surface area contributed by atoms with Crippen molar-refractivity contribution in [2.75, 3.05) is 0 Å². The van der Waals surface area contributed by atoms with Gasteiger partial charge in [0, 0.05) is 0 Å². The van der Waals surface area contributed by atoms with Crippen LogP contribution in [0.3, 0.4) is 0 Å². The molecule has 0 bridgehead atoms. The van der Waals surface area contributed by atoms with Crippen molar-refractivity contribution in [1.29, 1.82) is 0 Å². The normalized spacial score (nSPS) is 22.0. The van der Waals surface area contributed by atoms with Gasteiger partial charge in [-0.2, -0.15) is 0 Å². The maximum Gasteiger partial charge on any atom is 0.338 e. The first-order chi connectivity index (χ1) is 14.1. The third-order valence-corrected chi connectivity index (χ3v) is 6.88. The number of hydrogen-bond donors (Lipinski definition) is 1. The molecule has 0 aliphatic carbocycles. The van der Waals surface area contributed by atoms with E-state index < -0.39 is 11.6 Å². The first-order valence-electron chi connectivity index (χ1n) is 13.0. The maximum atomic E-state index is 11.8. The van der Waals surface area contributed by atoms with Gasteiger partial charge in [0.05, 0.1) is 6.10 Å². The summed E-state index contributed by atoms with van der Waals surface area (Å²) >= 11 is 0. The number of carboxylic acid groups (broad SMARTS) is 1. The molecule has 1 N–H and O–H groups in total. The number of rotatable bonds is 21. The summed E-state index contributed by atoms with van der Waals surface area (Å²) < 4.78 is 5.79. The van der Waals surface area contributed by atoms with Gasteiger partial charge in [0.15, 0.2) is 5.60 Å². The third-order valence-electron chi connectivity index (χ3n) is 6.88. The van der Waals surface area contributed by atoms with Gasteiger partial charge in [0.2, 0.25) is 0 Å². The van der Waals surface area contributed by atoms with Crippen molar-refractivity contribution < 1.29 is 14.6 Å². The monoisotopic (exact) mass is 410 g/mol. The Bertz CT molecular complexity index is 409. The highest BCUT2D eigenvalue weighted by molar-refractivity contribution is 5.81. The van der Waals surface area contributed by atoms with Crippen molar-refractivity contribution in [2.45, 2.75) is 154 Å². The van der Waals surface area contributed by atoms with Gasteiger partial charge >= 0.3 is 5.97 Å². The Balaban J connectivity index is 2.03. The fourth-order valence-electron chi connectivity index (χ4n) is 4.69. The summed E-state index contributed by atoms with van der Waals surface area (Å²) in [6.07, 6.45) is 23.7. The summed E-state index contributed by atoms with van der Waals surface area (Å²) in [7, 11) is 0. The Morgan fingerprint density at radius 2 is 1.28 bits per heavy atom. The van der Waals surface area contributed by atoms with Crippen LogP contribution in [0.4, 0.5) is 0 Å². The molecular formula is C26H50O3. The Hall–Kier alpha value is -0.570. The molecule has 3 heteroatoms. The molecular weight excluding hydrogens is 360 g/mol. The first-order valence-corrected chi connectivity index (χ1v) is 13.0. The van der Waals surface area contributed by atoms with Crippen molar-refractivity contribution in [3.8, 4) is 0 Å². The number of ether oxygens (including phenoxy) is 1. The zero-order valence-electron chi connectivity index (χ0n) is 19.9. The van der Waals surface area contributed by atoms with Crippen molar-refractivity contribution in [1.82, 2.24) is 0 Å². The number of carboxylic acids is 1. The number of hydrogen-bond acceptors (Lipinski definition) is 2. The molecule has 0 amide bonds. The van der Waals surface area contributed by atoms with Crippen LogP contribution in [0.5, 0.6) is 0 Å². The summed E-state index contributed by atoms with van der Waals surface area (Å²) in [5.74, 6) is -0.241. The topological polar surface area (TPSA) is 49.8 Å². The second-order valence-electron chi connectivity index (χ2n) is 9.45. The third kappa shape index (κ3) is 10.9. The lowest BCUT2D eigenvalue weighted by molar-refractivity contribution is -0.144. The first kappa shape index (κ1) is 26.5. The van der Waals surface area contributed by atoms with Crippen molar-refractivity contribution in [3.05, 3.63) is 0 Å². The van der Waals surface area contributed by atoms with E-state index in [9.17, 15) is 9.90 Å². The maximum absolute atomic E-state index is 11.8. The predicted octanol–water partition coefficient (Wildman–Crippen LogP) is 8.30. The van der Waals surface area contributed by atoms with E-state index in [1.807, 2.05) is 0 Å². The van der Waals surface area contributed by atoms with E-state index in [1.54, 1.807) is 0 Å². The van der Waals surface area contributed by atoms with Crippen LogP contribution in [0.25, 0.3) is 0 Å². The summed E-state index contributed by atoms with van der Waals surface area (Å²) in [5.41, 5.74) is -0.856. The lowest BCUT2D eigenvalue weighted by atomic mass is 9.85. The van der Waals surface area contributed by atoms with Crippen LogP contribution in [0.1, 0.15) is 143 Å². The van der Waals surface area contributed by atoms with E-state index in [-0.39, 0.29) is 6.10 Å². The summed E-state index contributed by atoms with van der Waals surface area (Å²) in [4.78, 5) is 11.8. The van der Waals surface area contributed by atoms with Gasteiger partial charge in [-0.3, -0.25) is 0 Å². The number of carbonyl (C=O) groups is 1. The van der Waals surface area contributed by atoms with Crippen LogP contribution < -0.4 is 0 Å². The van der Waals surface area contributed by atoms with E-state index >= 15 is 0 Å². The molecule has 0 spiro atoms. The molecule has 3 unspecified atom stereocenters. The van der Waals surface area contributed by atoms with Gasteiger partial charge in [0.25, 0.3) is 0 Å². The highest BCUT2D eigenvalue weighted by Gasteiger charge is 2.62. The summed E-state index contributed by atoms with van der Waals surface area (Å²) in [5, 5.41) is 9.72. The van der Waals surface area contributed by atoms with Crippen molar-refractivity contribution in [2.24, 2.45) is 5.92 Å². The van der Waals surface area contributed by atoms with Crippen molar-refractivity contribution >= 4 is 5.97 Å². The molecule has 0 aromatic rings. The Labute approximate surface area is 181 Å². The zero-order chi connectivity index (χ0) is 21.4. The van der Waals surface area contributed by atoms with Gasteiger partial charge in [-0.05, 0) is 18.8 Å². The van der Waals surface area contributed by atoms with Crippen molar-refractivity contribution in [3.63, 3.8) is 0 Å². The van der Waals surface area contributed by atoms with Gasteiger partial charge in [-0.25, -0.2) is 4.79 Å². The molecule has 1 heterocycles. The smallest absolute Gasteiger partial charge is 0.338 e. The Morgan fingerprint density at radius 1 is 0.793 bits per heavy atom. The molecule has 1 saturated heterocycles. The second kappa shape index (κ2) is 16.2.